The van der Waals surface area contributed by atoms with Gasteiger partial charge in [0.2, 0.25) is 5.91 Å². The van der Waals surface area contributed by atoms with Crippen LogP contribution in [-0.2, 0) is 4.79 Å². The zero-order chi connectivity index (χ0) is 14.8. The number of fused-ring (bicyclic) bond motifs is 2. The van der Waals surface area contributed by atoms with Crippen molar-refractivity contribution in [1.29, 1.82) is 0 Å². The van der Waals surface area contributed by atoms with Crippen molar-refractivity contribution in [2.75, 3.05) is 6.54 Å². The van der Waals surface area contributed by atoms with Gasteiger partial charge < -0.3 is 5.32 Å². The molecule has 0 aromatic carbocycles. The predicted octanol–water partition coefficient (Wildman–Crippen LogP) is 1.59. The van der Waals surface area contributed by atoms with E-state index in [0.29, 0.717) is 11.8 Å². The minimum absolute atomic E-state index is 0.0309. The van der Waals surface area contributed by atoms with E-state index in [2.05, 4.69) is 46.8 Å². The first-order chi connectivity index (χ1) is 10.2. The number of amides is 1. The quantitative estimate of drug-likeness (QED) is 0.807. The van der Waals surface area contributed by atoms with Gasteiger partial charge in [-0.2, -0.15) is 0 Å². The highest BCUT2D eigenvalue weighted by Crippen LogP contribution is 2.43. The maximum absolute atomic E-state index is 12.6. The zero-order valence-electron chi connectivity index (χ0n) is 12.6. The summed E-state index contributed by atoms with van der Waals surface area (Å²) in [5, 5.41) is 14.3. The van der Waals surface area contributed by atoms with E-state index in [4.69, 9.17) is 0 Å². The number of carbonyl (C=O) groups is 1. The fraction of sp³-hybridized carbons (Fsp3) is 0.733. The molecule has 21 heavy (non-hydrogen) atoms. The molecule has 0 saturated heterocycles. The highest BCUT2D eigenvalue weighted by molar-refractivity contribution is 5.80. The average Bonchev–Trinajstić information content (AvgIpc) is 3.22. The molecular formula is C15H23N5O. The molecule has 5 unspecified atom stereocenters. The molecule has 3 rings (SSSR count). The van der Waals surface area contributed by atoms with Gasteiger partial charge >= 0.3 is 0 Å². The topological polar surface area (TPSA) is 72.7 Å². The normalized spacial score (nSPS) is 29.5. The van der Waals surface area contributed by atoms with Crippen LogP contribution in [-0.4, -0.2) is 32.7 Å². The molecule has 1 saturated carbocycles. The van der Waals surface area contributed by atoms with Gasteiger partial charge in [0, 0.05) is 6.54 Å². The average molecular weight is 289 g/mol. The number of rotatable bonds is 6. The van der Waals surface area contributed by atoms with Gasteiger partial charge in [0.05, 0.1) is 0 Å². The molecule has 1 fully saturated rings. The molecule has 6 nitrogen and oxygen atoms in total. The van der Waals surface area contributed by atoms with Crippen LogP contribution in [0.2, 0.25) is 0 Å². The van der Waals surface area contributed by atoms with Crippen LogP contribution in [0.3, 0.4) is 0 Å². The molecule has 0 spiro atoms. The van der Waals surface area contributed by atoms with Crippen LogP contribution >= 0.6 is 0 Å². The molecule has 2 bridgehead atoms. The molecule has 6 heteroatoms. The summed E-state index contributed by atoms with van der Waals surface area (Å²) in [6.07, 6.45) is 9.55. The van der Waals surface area contributed by atoms with Crippen molar-refractivity contribution < 1.29 is 4.79 Å². The molecule has 1 aromatic rings. The molecule has 1 heterocycles. The van der Waals surface area contributed by atoms with E-state index >= 15 is 0 Å². The van der Waals surface area contributed by atoms with Gasteiger partial charge in [-0.15, -0.1) is 5.10 Å². The van der Waals surface area contributed by atoms with Gasteiger partial charge in [0.15, 0.2) is 0 Å². The first-order valence-electron chi connectivity index (χ1n) is 7.87. The van der Waals surface area contributed by atoms with E-state index in [0.717, 1.165) is 18.9 Å². The molecular weight excluding hydrogens is 266 g/mol. The fourth-order valence-corrected chi connectivity index (χ4v) is 3.62. The van der Waals surface area contributed by atoms with Gasteiger partial charge in [-0.3, -0.25) is 4.79 Å². The Hall–Kier alpha value is -1.72. The lowest BCUT2D eigenvalue weighted by atomic mass is 9.93. The third-order valence-electron chi connectivity index (χ3n) is 5.06. The van der Waals surface area contributed by atoms with Crippen LogP contribution in [0.4, 0.5) is 0 Å². The van der Waals surface area contributed by atoms with E-state index < -0.39 is 0 Å². The van der Waals surface area contributed by atoms with E-state index in [1.54, 1.807) is 4.68 Å². The van der Waals surface area contributed by atoms with Crippen LogP contribution in [0.25, 0.3) is 0 Å². The highest BCUT2D eigenvalue weighted by atomic mass is 16.2. The molecule has 2 aliphatic carbocycles. The number of hydrogen-bond acceptors (Lipinski definition) is 4. The van der Waals surface area contributed by atoms with Crippen molar-refractivity contribution in [3.05, 3.63) is 18.5 Å². The molecule has 1 aromatic heterocycles. The van der Waals surface area contributed by atoms with Gasteiger partial charge in [0.25, 0.3) is 0 Å². The Balaban J connectivity index is 1.61. The van der Waals surface area contributed by atoms with Crippen molar-refractivity contribution in [3.8, 4) is 0 Å². The SMILES string of the molecule is CCC(C)C(C(=O)NCC1CC2C=CC1C2)n1cnnn1. The van der Waals surface area contributed by atoms with Gasteiger partial charge in [0.1, 0.15) is 12.4 Å². The van der Waals surface area contributed by atoms with Gasteiger partial charge in [-0.05, 0) is 46.9 Å². The molecule has 1 amide bonds. The Morgan fingerprint density at radius 2 is 2.29 bits per heavy atom. The number of hydrogen-bond donors (Lipinski definition) is 1. The Bertz CT molecular complexity index is 512. The zero-order valence-corrected chi connectivity index (χ0v) is 12.6. The van der Waals surface area contributed by atoms with Crippen molar-refractivity contribution in [2.24, 2.45) is 23.7 Å². The lowest BCUT2D eigenvalue weighted by molar-refractivity contribution is -0.126. The number of tetrazole rings is 1. The Morgan fingerprint density at radius 3 is 2.86 bits per heavy atom. The molecule has 1 N–H and O–H groups in total. The maximum atomic E-state index is 12.6. The third kappa shape index (κ3) is 2.84. The molecule has 2 aliphatic rings. The van der Waals surface area contributed by atoms with Gasteiger partial charge in [-0.25, -0.2) is 4.68 Å². The van der Waals surface area contributed by atoms with Crippen molar-refractivity contribution in [1.82, 2.24) is 25.5 Å². The van der Waals surface area contributed by atoms with Crippen LogP contribution in [0.15, 0.2) is 18.5 Å². The lowest BCUT2D eigenvalue weighted by Crippen LogP contribution is -2.39. The van der Waals surface area contributed by atoms with Crippen molar-refractivity contribution >= 4 is 5.91 Å². The number of allylic oxidation sites excluding steroid dienone is 2. The van der Waals surface area contributed by atoms with Gasteiger partial charge in [-0.1, -0.05) is 32.4 Å². The van der Waals surface area contributed by atoms with Crippen molar-refractivity contribution in [2.45, 2.75) is 39.2 Å². The van der Waals surface area contributed by atoms with Crippen LogP contribution in [0.1, 0.15) is 39.2 Å². The summed E-state index contributed by atoms with van der Waals surface area (Å²) in [7, 11) is 0. The summed E-state index contributed by atoms with van der Waals surface area (Å²) >= 11 is 0. The lowest BCUT2D eigenvalue weighted by Gasteiger charge is -2.24. The summed E-state index contributed by atoms with van der Waals surface area (Å²) in [5.74, 6) is 2.22. The second-order valence-corrected chi connectivity index (χ2v) is 6.41. The fourth-order valence-electron chi connectivity index (χ4n) is 3.62. The number of nitrogens with zero attached hydrogens (tertiary/aromatic N) is 4. The molecule has 0 aliphatic heterocycles. The number of aromatic nitrogens is 4. The summed E-state index contributed by atoms with van der Waals surface area (Å²) in [6, 6.07) is -0.320. The van der Waals surface area contributed by atoms with Crippen LogP contribution < -0.4 is 5.32 Å². The second-order valence-electron chi connectivity index (χ2n) is 6.41. The third-order valence-corrected chi connectivity index (χ3v) is 5.06. The maximum Gasteiger partial charge on any atom is 0.245 e. The minimum atomic E-state index is -0.320. The minimum Gasteiger partial charge on any atom is -0.354 e. The van der Waals surface area contributed by atoms with Crippen molar-refractivity contribution in [3.63, 3.8) is 0 Å². The molecule has 114 valence electrons. The Kier molecular flexibility index (Phi) is 4.03. The second kappa shape index (κ2) is 5.95. The summed E-state index contributed by atoms with van der Waals surface area (Å²) in [4.78, 5) is 12.6. The molecule has 5 atom stereocenters. The van der Waals surface area contributed by atoms with E-state index in [9.17, 15) is 4.79 Å². The first-order valence-corrected chi connectivity index (χ1v) is 7.87. The smallest absolute Gasteiger partial charge is 0.245 e. The monoisotopic (exact) mass is 289 g/mol. The standard InChI is InChI=1S/C15H23N5O/c1-3-10(2)14(20-9-17-18-19-20)15(21)16-8-13-7-11-4-5-12(13)6-11/h4-5,9-14H,3,6-8H2,1-2H3,(H,16,21). The largest absolute Gasteiger partial charge is 0.354 e. The van der Waals surface area contributed by atoms with Crippen LogP contribution in [0.5, 0.6) is 0 Å². The van der Waals surface area contributed by atoms with E-state index in [1.807, 2.05) is 0 Å². The number of nitrogens with one attached hydrogen (secondary N) is 1. The Labute approximate surface area is 125 Å². The molecule has 0 radical (unpaired) electrons. The Morgan fingerprint density at radius 1 is 1.43 bits per heavy atom. The summed E-state index contributed by atoms with van der Waals surface area (Å²) in [6.45, 7) is 4.90. The summed E-state index contributed by atoms with van der Waals surface area (Å²) < 4.78 is 1.57. The van der Waals surface area contributed by atoms with Crippen LogP contribution in [0, 0.1) is 23.7 Å². The van der Waals surface area contributed by atoms with E-state index in [-0.39, 0.29) is 17.9 Å². The summed E-state index contributed by atoms with van der Waals surface area (Å²) in [5.41, 5.74) is 0. The first kappa shape index (κ1) is 14.2. The highest BCUT2D eigenvalue weighted by Gasteiger charge is 2.36. The predicted molar refractivity (Wildman–Crippen MR) is 78.2 cm³/mol. The van der Waals surface area contributed by atoms with E-state index in [1.165, 1.54) is 19.2 Å². The number of carbonyl (C=O) groups excluding carboxylic acids is 1.